The third-order valence-electron chi connectivity index (χ3n) is 3.76. The van der Waals surface area contributed by atoms with Gasteiger partial charge in [0.05, 0.1) is 12.3 Å². The maximum absolute atomic E-state index is 6.06. The van der Waals surface area contributed by atoms with Gasteiger partial charge in [-0.1, -0.05) is 35.3 Å². The fourth-order valence-corrected chi connectivity index (χ4v) is 2.64. The molecule has 1 aromatic carbocycles. The van der Waals surface area contributed by atoms with E-state index in [1.165, 1.54) is 5.56 Å². The first-order chi connectivity index (χ1) is 12.4. The van der Waals surface area contributed by atoms with Gasteiger partial charge in [0.2, 0.25) is 0 Å². The number of hydrogen-bond acceptors (Lipinski definition) is 4. The molecule has 0 fully saturated rings. The van der Waals surface area contributed by atoms with E-state index >= 15 is 0 Å². The van der Waals surface area contributed by atoms with Crippen LogP contribution in [-0.2, 0) is 11.3 Å². The van der Waals surface area contributed by atoms with Crippen LogP contribution in [0.5, 0.6) is 11.5 Å². The Kier molecular flexibility index (Phi) is 10.5. The number of nitrogens with zero attached hydrogens (tertiary/aromatic N) is 1. The van der Waals surface area contributed by atoms with Crippen molar-refractivity contribution in [1.29, 1.82) is 0 Å². The van der Waals surface area contributed by atoms with Gasteiger partial charge < -0.3 is 14.3 Å². The van der Waals surface area contributed by atoms with Crippen molar-refractivity contribution in [3.05, 3.63) is 33.3 Å². The van der Waals surface area contributed by atoms with Gasteiger partial charge in [0.1, 0.15) is 29.2 Å². The van der Waals surface area contributed by atoms with Crippen LogP contribution in [0, 0.1) is 13.8 Å². The smallest absolute Gasteiger partial charge is 0.125 e. The van der Waals surface area contributed by atoms with Crippen molar-refractivity contribution in [1.82, 2.24) is 0 Å². The molecular weight excluding hydrogens is 373 g/mol. The third-order valence-corrected chi connectivity index (χ3v) is 4.06. The van der Waals surface area contributed by atoms with Crippen molar-refractivity contribution in [2.75, 3.05) is 19.8 Å². The van der Waals surface area contributed by atoms with E-state index in [2.05, 4.69) is 12.1 Å². The van der Waals surface area contributed by atoms with E-state index in [9.17, 15) is 0 Å². The molecule has 146 valence electrons. The van der Waals surface area contributed by atoms with Gasteiger partial charge in [-0.25, -0.2) is 0 Å². The predicted octanol–water partition coefficient (Wildman–Crippen LogP) is 6.14. The van der Waals surface area contributed by atoms with E-state index < -0.39 is 0 Å². The summed E-state index contributed by atoms with van der Waals surface area (Å²) >= 11 is 11.3. The van der Waals surface area contributed by atoms with E-state index in [4.69, 9.17) is 37.5 Å². The molecule has 0 saturated carbocycles. The van der Waals surface area contributed by atoms with Crippen LogP contribution in [0.15, 0.2) is 21.8 Å². The second-order valence-corrected chi connectivity index (χ2v) is 7.22. The Labute approximate surface area is 167 Å². The lowest BCUT2D eigenvalue weighted by Gasteiger charge is -2.19. The van der Waals surface area contributed by atoms with E-state index in [1.807, 2.05) is 33.8 Å². The van der Waals surface area contributed by atoms with Crippen molar-refractivity contribution in [3.63, 3.8) is 0 Å². The highest BCUT2D eigenvalue weighted by Crippen LogP contribution is 2.34. The van der Waals surface area contributed by atoms with Gasteiger partial charge in [-0.3, -0.25) is 0 Å². The highest BCUT2D eigenvalue weighted by Gasteiger charge is 2.14. The Hall–Kier alpha value is -1.39. The average molecular weight is 402 g/mol. The van der Waals surface area contributed by atoms with Crippen molar-refractivity contribution in [2.24, 2.45) is 5.16 Å². The molecule has 4 nitrogen and oxygen atoms in total. The zero-order chi connectivity index (χ0) is 19.5. The fraction of sp³-hybridized carbons (Fsp3) is 0.550. The lowest BCUT2D eigenvalue weighted by atomic mass is 10.0. The highest BCUT2D eigenvalue weighted by molar-refractivity contribution is 6.55. The third kappa shape index (κ3) is 7.88. The Balaban J connectivity index is 2.66. The number of rotatable bonds is 11. The molecule has 0 spiro atoms. The molecule has 0 bridgehead atoms. The molecule has 0 unspecified atom stereocenters. The first kappa shape index (κ1) is 22.7. The molecule has 6 heteroatoms. The van der Waals surface area contributed by atoms with E-state index in [-0.39, 0.29) is 4.49 Å². The van der Waals surface area contributed by atoms with Crippen LogP contribution in [0.2, 0.25) is 0 Å². The summed E-state index contributed by atoms with van der Waals surface area (Å²) in [7, 11) is 0. The quantitative estimate of drug-likeness (QED) is 0.254. The van der Waals surface area contributed by atoms with E-state index in [0.29, 0.717) is 19.8 Å². The number of ether oxygens (including phenoxy) is 2. The minimum atomic E-state index is 0.207. The SMILES string of the molecule is CCc1c(C)c(OCC=C(Cl)Cl)cc(C)c1OCCCCON=C(C)C. The van der Waals surface area contributed by atoms with Gasteiger partial charge in [0, 0.05) is 5.56 Å². The molecule has 0 heterocycles. The number of hydrogen-bond donors (Lipinski definition) is 0. The summed E-state index contributed by atoms with van der Waals surface area (Å²) in [4.78, 5) is 5.20. The normalized spacial score (nSPS) is 10.3. The molecule has 0 atom stereocenters. The fourth-order valence-electron chi connectivity index (χ4n) is 2.52. The maximum atomic E-state index is 6.06. The number of unbranched alkanes of at least 4 members (excludes halogenated alkanes) is 1. The van der Waals surface area contributed by atoms with Gasteiger partial charge in [-0.05, 0) is 70.2 Å². The Morgan fingerprint density at radius 2 is 1.81 bits per heavy atom. The maximum Gasteiger partial charge on any atom is 0.125 e. The molecule has 0 N–H and O–H groups in total. The lowest BCUT2D eigenvalue weighted by Crippen LogP contribution is -2.06. The van der Waals surface area contributed by atoms with Gasteiger partial charge in [-0.2, -0.15) is 0 Å². The molecular formula is C20H29Cl2NO3. The van der Waals surface area contributed by atoms with Gasteiger partial charge >= 0.3 is 0 Å². The van der Waals surface area contributed by atoms with Crippen LogP contribution >= 0.6 is 23.2 Å². The zero-order valence-electron chi connectivity index (χ0n) is 16.3. The van der Waals surface area contributed by atoms with Crippen LogP contribution in [-0.4, -0.2) is 25.5 Å². The molecule has 0 aliphatic carbocycles. The molecule has 0 aromatic heterocycles. The van der Waals surface area contributed by atoms with Gasteiger partial charge in [0.25, 0.3) is 0 Å². The molecule has 1 aromatic rings. The van der Waals surface area contributed by atoms with Crippen LogP contribution in [0.1, 0.15) is 50.3 Å². The van der Waals surface area contributed by atoms with Crippen LogP contribution in [0.4, 0.5) is 0 Å². The van der Waals surface area contributed by atoms with E-state index in [0.717, 1.165) is 47.6 Å². The molecule has 26 heavy (non-hydrogen) atoms. The first-order valence-electron chi connectivity index (χ1n) is 8.89. The molecule has 0 radical (unpaired) electrons. The van der Waals surface area contributed by atoms with Gasteiger partial charge in [-0.15, -0.1) is 0 Å². The Morgan fingerprint density at radius 1 is 1.12 bits per heavy atom. The minimum Gasteiger partial charge on any atom is -0.493 e. The first-order valence-corrected chi connectivity index (χ1v) is 9.65. The average Bonchev–Trinajstić information content (AvgIpc) is 2.57. The monoisotopic (exact) mass is 401 g/mol. The Bertz CT molecular complexity index is 634. The van der Waals surface area contributed by atoms with Crippen molar-refractivity contribution >= 4 is 28.9 Å². The largest absolute Gasteiger partial charge is 0.493 e. The molecule has 0 amide bonds. The van der Waals surface area contributed by atoms with Gasteiger partial charge in [0.15, 0.2) is 0 Å². The van der Waals surface area contributed by atoms with Crippen LogP contribution in [0.3, 0.4) is 0 Å². The number of aryl methyl sites for hydroxylation is 1. The summed E-state index contributed by atoms with van der Waals surface area (Å²) in [5, 5.41) is 3.92. The van der Waals surface area contributed by atoms with Crippen molar-refractivity contribution in [3.8, 4) is 11.5 Å². The summed E-state index contributed by atoms with van der Waals surface area (Å²) in [5.41, 5.74) is 4.24. The summed E-state index contributed by atoms with van der Waals surface area (Å²) in [6.07, 6.45) is 4.32. The topological polar surface area (TPSA) is 40.0 Å². The summed E-state index contributed by atoms with van der Waals surface area (Å²) < 4.78 is 12.1. The predicted molar refractivity (Wildman–Crippen MR) is 110 cm³/mol. The molecule has 1 rings (SSSR count). The molecule has 0 saturated heterocycles. The van der Waals surface area contributed by atoms with Crippen LogP contribution < -0.4 is 9.47 Å². The summed E-state index contributed by atoms with van der Waals surface area (Å²) in [5.74, 6) is 1.78. The number of oxime groups is 1. The number of halogens is 2. The van der Waals surface area contributed by atoms with E-state index in [1.54, 1.807) is 6.08 Å². The molecule has 0 aliphatic heterocycles. The summed E-state index contributed by atoms with van der Waals surface area (Å²) in [6, 6.07) is 2.00. The standard InChI is InChI=1S/C20H29Cl2NO3/c1-6-17-16(5)18(24-12-9-19(21)22)13-15(4)20(17)25-10-7-8-11-26-23-14(2)3/h9,13H,6-8,10-12H2,1-5H3. The van der Waals surface area contributed by atoms with Crippen LogP contribution in [0.25, 0.3) is 0 Å². The van der Waals surface area contributed by atoms with Crippen molar-refractivity contribution < 1.29 is 14.3 Å². The second kappa shape index (κ2) is 12.1. The minimum absolute atomic E-state index is 0.207. The Morgan fingerprint density at radius 3 is 2.42 bits per heavy atom. The number of benzene rings is 1. The molecule has 0 aliphatic rings. The summed E-state index contributed by atoms with van der Waals surface area (Å²) in [6.45, 7) is 11.6. The van der Waals surface area contributed by atoms with Crippen molar-refractivity contribution in [2.45, 2.75) is 53.9 Å². The second-order valence-electron chi connectivity index (χ2n) is 6.21. The lowest BCUT2D eigenvalue weighted by molar-refractivity contribution is 0.135. The highest BCUT2D eigenvalue weighted by atomic mass is 35.5. The zero-order valence-corrected chi connectivity index (χ0v) is 17.8.